The minimum atomic E-state index is -0.247. The van der Waals surface area contributed by atoms with Crippen LogP contribution in [0.5, 0.6) is 5.75 Å². The maximum absolute atomic E-state index is 12.2. The van der Waals surface area contributed by atoms with Gasteiger partial charge in [-0.15, -0.1) is 0 Å². The van der Waals surface area contributed by atoms with Gasteiger partial charge in [-0.05, 0) is 48.4 Å². The van der Waals surface area contributed by atoms with E-state index in [4.69, 9.17) is 16.3 Å². The summed E-state index contributed by atoms with van der Waals surface area (Å²) in [4.78, 5) is 25.5. The number of hydrogen-bond acceptors (Lipinski definition) is 3. The van der Waals surface area contributed by atoms with Gasteiger partial charge in [-0.2, -0.15) is 0 Å². The van der Waals surface area contributed by atoms with Crippen LogP contribution in [0.2, 0.25) is 5.02 Å². The third kappa shape index (κ3) is 6.12. The van der Waals surface area contributed by atoms with Crippen LogP contribution in [0.15, 0.2) is 48.5 Å². The number of carbonyl (C=O) groups excluding carboxylic acids is 2. The fourth-order valence-corrected chi connectivity index (χ4v) is 2.47. The largest absolute Gasteiger partial charge is 0.497 e. The lowest BCUT2D eigenvalue weighted by Crippen LogP contribution is -2.38. The van der Waals surface area contributed by atoms with E-state index in [-0.39, 0.29) is 18.4 Å². The summed E-state index contributed by atoms with van der Waals surface area (Å²) in [5.74, 6) is 0.379. The quantitative estimate of drug-likeness (QED) is 0.823. The molecular weight excluding hydrogens is 340 g/mol. The molecular formula is C19H21ClN2O3. The molecule has 0 spiro atoms. The highest BCUT2D eigenvalue weighted by Gasteiger charge is 2.14. The summed E-state index contributed by atoms with van der Waals surface area (Å²) in [5, 5.41) is 3.36. The van der Waals surface area contributed by atoms with E-state index in [1.54, 1.807) is 31.4 Å². The van der Waals surface area contributed by atoms with Gasteiger partial charge in [0, 0.05) is 24.2 Å². The number of halogens is 1. The van der Waals surface area contributed by atoms with Gasteiger partial charge in [0.1, 0.15) is 5.75 Å². The number of rotatable bonds is 7. The van der Waals surface area contributed by atoms with Gasteiger partial charge in [-0.25, -0.2) is 0 Å². The summed E-state index contributed by atoms with van der Waals surface area (Å²) in [5.41, 5.74) is 1.69. The third-order valence-electron chi connectivity index (χ3n) is 3.71. The summed E-state index contributed by atoms with van der Waals surface area (Å²) in [6.07, 6.45) is 0.644. The van der Waals surface area contributed by atoms with Crippen LogP contribution < -0.4 is 10.1 Å². The summed E-state index contributed by atoms with van der Waals surface area (Å²) in [6, 6.07) is 14.5. The lowest BCUT2D eigenvalue weighted by molar-refractivity contribution is -0.132. The van der Waals surface area contributed by atoms with Crippen LogP contribution in [0.4, 0.5) is 5.69 Å². The van der Waals surface area contributed by atoms with Gasteiger partial charge >= 0.3 is 0 Å². The Labute approximate surface area is 152 Å². The molecule has 0 heterocycles. The molecule has 0 aromatic heterocycles. The molecule has 0 saturated carbocycles. The van der Waals surface area contributed by atoms with E-state index in [9.17, 15) is 9.59 Å². The molecule has 2 amide bonds. The maximum Gasteiger partial charge on any atom is 0.243 e. The third-order valence-corrected chi connectivity index (χ3v) is 3.96. The second-order valence-corrected chi connectivity index (χ2v) is 6.03. The molecule has 25 heavy (non-hydrogen) atoms. The molecule has 0 fully saturated rings. The lowest BCUT2D eigenvalue weighted by atomic mass is 10.1. The highest BCUT2D eigenvalue weighted by atomic mass is 35.5. The van der Waals surface area contributed by atoms with Crippen LogP contribution in [-0.4, -0.2) is 36.9 Å². The van der Waals surface area contributed by atoms with Crippen molar-refractivity contribution in [2.24, 2.45) is 0 Å². The molecule has 0 bridgehead atoms. The van der Waals surface area contributed by atoms with Crippen molar-refractivity contribution in [3.63, 3.8) is 0 Å². The first-order valence-electron chi connectivity index (χ1n) is 7.92. The smallest absolute Gasteiger partial charge is 0.243 e. The molecule has 0 atom stereocenters. The van der Waals surface area contributed by atoms with Crippen molar-refractivity contribution < 1.29 is 14.3 Å². The maximum atomic E-state index is 12.2. The van der Waals surface area contributed by atoms with Crippen LogP contribution >= 0.6 is 11.6 Å². The van der Waals surface area contributed by atoms with Gasteiger partial charge in [0.25, 0.3) is 0 Å². The number of ether oxygens (including phenoxy) is 1. The van der Waals surface area contributed by atoms with E-state index in [0.29, 0.717) is 23.7 Å². The van der Waals surface area contributed by atoms with E-state index in [2.05, 4.69) is 5.32 Å². The van der Waals surface area contributed by atoms with Gasteiger partial charge < -0.3 is 15.0 Å². The molecule has 6 heteroatoms. The van der Waals surface area contributed by atoms with E-state index >= 15 is 0 Å². The standard InChI is InChI=1S/C19H21ClN2O3/c1-14(23)22(11-10-15-4-3-5-18(12-15)25-2)13-19(24)21-17-8-6-16(20)7-9-17/h3-9,12H,10-11,13H2,1-2H3,(H,21,24). The molecule has 132 valence electrons. The van der Waals surface area contributed by atoms with Crippen molar-refractivity contribution in [3.8, 4) is 5.75 Å². The predicted molar refractivity (Wildman–Crippen MR) is 99.0 cm³/mol. The first-order valence-corrected chi connectivity index (χ1v) is 8.29. The zero-order valence-electron chi connectivity index (χ0n) is 14.3. The average Bonchev–Trinajstić information content (AvgIpc) is 2.60. The van der Waals surface area contributed by atoms with Crippen molar-refractivity contribution in [3.05, 3.63) is 59.1 Å². The van der Waals surface area contributed by atoms with Crippen LogP contribution in [0.3, 0.4) is 0 Å². The molecule has 2 rings (SSSR count). The minimum absolute atomic E-state index is 0.00191. The predicted octanol–water partition coefficient (Wildman–Crippen LogP) is 3.38. The molecule has 0 aliphatic carbocycles. The molecule has 0 unspecified atom stereocenters. The Morgan fingerprint density at radius 1 is 1.16 bits per heavy atom. The Hall–Kier alpha value is -2.53. The highest BCUT2D eigenvalue weighted by molar-refractivity contribution is 6.30. The van der Waals surface area contributed by atoms with Crippen LogP contribution in [0.1, 0.15) is 12.5 Å². The number of nitrogens with one attached hydrogen (secondary N) is 1. The number of amides is 2. The fourth-order valence-electron chi connectivity index (χ4n) is 2.35. The number of hydrogen-bond donors (Lipinski definition) is 1. The van der Waals surface area contributed by atoms with Crippen molar-refractivity contribution in [1.82, 2.24) is 4.90 Å². The van der Waals surface area contributed by atoms with Gasteiger partial charge in [0.2, 0.25) is 11.8 Å². The SMILES string of the molecule is COc1cccc(CCN(CC(=O)Nc2ccc(Cl)cc2)C(C)=O)c1. The normalized spacial score (nSPS) is 10.2. The summed E-state index contributed by atoms with van der Waals surface area (Å²) in [6.45, 7) is 1.92. The number of anilines is 1. The van der Waals surface area contributed by atoms with Crippen LogP contribution in [-0.2, 0) is 16.0 Å². The number of carbonyl (C=O) groups is 2. The van der Waals surface area contributed by atoms with E-state index in [0.717, 1.165) is 11.3 Å². The minimum Gasteiger partial charge on any atom is -0.497 e. The summed E-state index contributed by atoms with van der Waals surface area (Å²) < 4.78 is 5.19. The van der Waals surface area contributed by atoms with Gasteiger partial charge in [0.05, 0.1) is 13.7 Å². The molecule has 0 aliphatic rings. The van der Waals surface area contributed by atoms with E-state index in [1.165, 1.54) is 11.8 Å². The number of methoxy groups -OCH3 is 1. The van der Waals surface area contributed by atoms with Crippen molar-refractivity contribution >= 4 is 29.1 Å². The lowest BCUT2D eigenvalue weighted by Gasteiger charge is -2.20. The Morgan fingerprint density at radius 2 is 1.88 bits per heavy atom. The molecule has 1 N–H and O–H groups in total. The monoisotopic (exact) mass is 360 g/mol. The zero-order chi connectivity index (χ0) is 18.2. The molecule has 2 aromatic rings. The van der Waals surface area contributed by atoms with Crippen molar-refractivity contribution in [2.75, 3.05) is 25.5 Å². The summed E-state index contributed by atoms with van der Waals surface area (Å²) >= 11 is 5.82. The Balaban J connectivity index is 1.92. The highest BCUT2D eigenvalue weighted by Crippen LogP contribution is 2.14. The van der Waals surface area contributed by atoms with Gasteiger partial charge in [-0.3, -0.25) is 9.59 Å². The van der Waals surface area contributed by atoms with Gasteiger partial charge in [-0.1, -0.05) is 23.7 Å². The van der Waals surface area contributed by atoms with Crippen molar-refractivity contribution in [2.45, 2.75) is 13.3 Å². The van der Waals surface area contributed by atoms with E-state index < -0.39 is 0 Å². The van der Waals surface area contributed by atoms with E-state index in [1.807, 2.05) is 24.3 Å². The molecule has 2 aromatic carbocycles. The molecule has 0 aliphatic heterocycles. The Morgan fingerprint density at radius 3 is 2.52 bits per heavy atom. The first-order chi connectivity index (χ1) is 12.0. The second-order valence-electron chi connectivity index (χ2n) is 5.60. The van der Waals surface area contributed by atoms with Gasteiger partial charge in [0.15, 0.2) is 0 Å². The molecule has 0 saturated heterocycles. The van der Waals surface area contributed by atoms with Crippen LogP contribution in [0.25, 0.3) is 0 Å². The average molecular weight is 361 g/mol. The Bertz CT molecular complexity index is 732. The first kappa shape index (κ1) is 18.8. The topological polar surface area (TPSA) is 58.6 Å². The molecule has 5 nitrogen and oxygen atoms in total. The zero-order valence-corrected chi connectivity index (χ0v) is 15.0. The summed E-state index contributed by atoms with van der Waals surface area (Å²) in [7, 11) is 1.61. The van der Waals surface area contributed by atoms with Crippen LogP contribution in [0, 0.1) is 0 Å². The number of nitrogens with zero attached hydrogens (tertiary/aromatic N) is 1. The molecule has 0 radical (unpaired) electrons. The second kappa shape index (κ2) is 9.08. The Kier molecular flexibility index (Phi) is 6.83. The number of benzene rings is 2. The fraction of sp³-hybridized carbons (Fsp3) is 0.263. The van der Waals surface area contributed by atoms with Crippen molar-refractivity contribution in [1.29, 1.82) is 0 Å².